The van der Waals surface area contributed by atoms with Crippen molar-refractivity contribution in [2.75, 3.05) is 11.9 Å². The lowest BCUT2D eigenvalue weighted by atomic mass is 10.3. The summed E-state index contributed by atoms with van der Waals surface area (Å²) in [5.74, 6) is -1.57. The first-order chi connectivity index (χ1) is 12.2. The topological polar surface area (TPSA) is 128 Å². The minimum Gasteiger partial charge on any atom is -0.452 e. The number of nitrogens with one attached hydrogen (secondary N) is 2. The van der Waals surface area contributed by atoms with E-state index in [2.05, 4.69) is 10.5 Å². The summed E-state index contributed by atoms with van der Waals surface area (Å²) in [6.45, 7) is 2.26. The molecule has 1 atom stereocenters. The number of carbonyl (C=O) groups excluding carboxylic acids is 2. The van der Waals surface area contributed by atoms with Crippen molar-refractivity contribution in [3.05, 3.63) is 41.9 Å². The molecular weight excluding hydrogens is 369 g/mol. The molecule has 2 aromatic rings. The number of amides is 1. The van der Waals surface area contributed by atoms with Gasteiger partial charge in [-0.15, -0.1) is 0 Å². The van der Waals surface area contributed by atoms with Crippen molar-refractivity contribution in [1.29, 1.82) is 0 Å². The Morgan fingerprint density at radius 2 is 1.96 bits per heavy atom. The summed E-state index contributed by atoms with van der Waals surface area (Å²) >= 11 is 0. The molecule has 1 amide bonds. The average molecular weight is 385 g/mol. The Labute approximate surface area is 148 Å². The maximum atomic E-state index is 12.8. The van der Waals surface area contributed by atoms with E-state index in [-0.39, 0.29) is 10.7 Å². The minimum atomic E-state index is -4.01. The molecule has 0 fully saturated rings. The van der Waals surface area contributed by atoms with Crippen molar-refractivity contribution >= 4 is 27.7 Å². The van der Waals surface area contributed by atoms with Crippen LogP contribution in [-0.2, 0) is 24.3 Å². The average Bonchev–Trinajstić information content (AvgIpc) is 2.98. The van der Waals surface area contributed by atoms with E-state index in [0.29, 0.717) is 5.76 Å². The van der Waals surface area contributed by atoms with Crippen LogP contribution in [0.2, 0.25) is 0 Å². The van der Waals surface area contributed by atoms with Gasteiger partial charge in [-0.1, -0.05) is 5.16 Å². The van der Waals surface area contributed by atoms with Crippen molar-refractivity contribution in [1.82, 2.24) is 9.88 Å². The molecule has 0 aliphatic rings. The Bertz CT molecular complexity index is 894. The minimum absolute atomic E-state index is 0.160. The van der Waals surface area contributed by atoms with E-state index in [1.54, 1.807) is 6.92 Å². The maximum absolute atomic E-state index is 12.8. The van der Waals surface area contributed by atoms with Gasteiger partial charge in [-0.3, -0.25) is 9.59 Å². The Hall–Kier alpha value is -2.79. The van der Waals surface area contributed by atoms with Crippen molar-refractivity contribution < 1.29 is 31.7 Å². The van der Waals surface area contributed by atoms with Crippen molar-refractivity contribution in [3.8, 4) is 0 Å². The van der Waals surface area contributed by atoms with Gasteiger partial charge in [-0.25, -0.2) is 12.8 Å². The van der Waals surface area contributed by atoms with Gasteiger partial charge in [-0.05, 0) is 38.1 Å². The number of hydrogen-bond acceptors (Lipinski definition) is 7. The quantitative estimate of drug-likeness (QED) is 0.680. The molecular formula is C15H16FN3O6S. The fraction of sp³-hybridized carbons (Fsp3) is 0.267. The molecule has 11 heteroatoms. The molecule has 1 aromatic carbocycles. The molecule has 0 bridgehead atoms. The molecule has 2 rings (SSSR count). The third kappa shape index (κ3) is 5.36. The van der Waals surface area contributed by atoms with Crippen LogP contribution in [0.3, 0.4) is 0 Å². The lowest BCUT2D eigenvalue weighted by Crippen LogP contribution is -2.35. The second-order valence-electron chi connectivity index (χ2n) is 5.22. The van der Waals surface area contributed by atoms with E-state index < -0.39 is 40.4 Å². The first-order valence-corrected chi connectivity index (χ1v) is 8.84. The molecule has 0 saturated heterocycles. The van der Waals surface area contributed by atoms with Crippen LogP contribution < -0.4 is 10.0 Å². The van der Waals surface area contributed by atoms with E-state index in [9.17, 15) is 22.4 Å². The van der Waals surface area contributed by atoms with Gasteiger partial charge in [0.2, 0.25) is 10.0 Å². The molecule has 0 aliphatic carbocycles. The van der Waals surface area contributed by atoms with E-state index in [1.807, 2.05) is 4.72 Å². The monoisotopic (exact) mass is 385 g/mol. The van der Waals surface area contributed by atoms with Crippen LogP contribution in [0.5, 0.6) is 0 Å². The van der Waals surface area contributed by atoms with Crippen LogP contribution in [0.15, 0.2) is 39.8 Å². The van der Waals surface area contributed by atoms with Gasteiger partial charge in [0.25, 0.3) is 5.91 Å². The summed E-state index contributed by atoms with van der Waals surface area (Å²) in [5, 5.41) is 5.94. The molecule has 9 nitrogen and oxygen atoms in total. The Balaban J connectivity index is 1.85. The van der Waals surface area contributed by atoms with Crippen LogP contribution >= 0.6 is 0 Å². The predicted molar refractivity (Wildman–Crippen MR) is 87.0 cm³/mol. The standard InChI is InChI=1S/C15H16FN3O6S/c1-9-7-13(19-25-9)18-15(21)10(2)24-14(20)8-17-26(22,23)12-5-3-11(16)4-6-12/h3-7,10,17H,8H2,1-2H3,(H,18,19,21)/t10-/m1/s1. The summed E-state index contributed by atoms with van der Waals surface area (Å²) in [7, 11) is -4.01. The maximum Gasteiger partial charge on any atom is 0.321 e. The predicted octanol–water partition coefficient (Wildman–Crippen LogP) is 0.971. The molecule has 0 saturated carbocycles. The van der Waals surface area contributed by atoms with Crippen LogP contribution in [-0.4, -0.2) is 38.1 Å². The first kappa shape index (κ1) is 19.5. The molecule has 26 heavy (non-hydrogen) atoms. The Kier molecular flexibility index (Phi) is 6.05. The summed E-state index contributed by atoms with van der Waals surface area (Å²) in [4.78, 5) is 23.4. The molecule has 2 N–H and O–H groups in total. The number of benzene rings is 1. The van der Waals surface area contributed by atoms with Gasteiger partial charge >= 0.3 is 5.97 Å². The molecule has 140 valence electrons. The number of sulfonamides is 1. The van der Waals surface area contributed by atoms with E-state index >= 15 is 0 Å². The first-order valence-electron chi connectivity index (χ1n) is 7.36. The highest BCUT2D eigenvalue weighted by atomic mass is 32.2. The highest BCUT2D eigenvalue weighted by molar-refractivity contribution is 7.89. The third-order valence-electron chi connectivity index (χ3n) is 3.09. The molecule has 0 radical (unpaired) electrons. The molecule has 1 heterocycles. The van der Waals surface area contributed by atoms with Crippen LogP contribution in [0.25, 0.3) is 0 Å². The van der Waals surface area contributed by atoms with Gasteiger partial charge < -0.3 is 14.6 Å². The van der Waals surface area contributed by atoms with Gasteiger partial charge in [0.05, 0.1) is 4.90 Å². The number of carbonyl (C=O) groups is 2. The second-order valence-corrected chi connectivity index (χ2v) is 6.99. The zero-order valence-electron chi connectivity index (χ0n) is 13.9. The van der Waals surface area contributed by atoms with Gasteiger partial charge in [0.1, 0.15) is 18.1 Å². The van der Waals surface area contributed by atoms with Crippen LogP contribution in [0.1, 0.15) is 12.7 Å². The Morgan fingerprint density at radius 3 is 2.54 bits per heavy atom. The SMILES string of the molecule is Cc1cc(NC(=O)[C@@H](C)OC(=O)CNS(=O)(=O)c2ccc(F)cc2)no1. The number of aryl methyl sites for hydroxylation is 1. The van der Waals surface area contributed by atoms with E-state index in [1.165, 1.54) is 13.0 Å². The zero-order chi connectivity index (χ0) is 19.3. The van der Waals surface area contributed by atoms with Gasteiger partial charge in [0.15, 0.2) is 11.9 Å². The lowest BCUT2D eigenvalue weighted by molar-refractivity contribution is -0.151. The van der Waals surface area contributed by atoms with Crippen LogP contribution in [0, 0.1) is 12.7 Å². The number of anilines is 1. The van der Waals surface area contributed by atoms with Gasteiger partial charge in [-0.2, -0.15) is 4.72 Å². The zero-order valence-corrected chi connectivity index (χ0v) is 14.7. The molecule has 0 unspecified atom stereocenters. The molecule has 0 spiro atoms. The fourth-order valence-corrected chi connectivity index (χ4v) is 2.77. The number of nitrogens with zero attached hydrogens (tertiary/aromatic N) is 1. The number of hydrogen-bond donors (Lipinski definition) is 2. The normalized spacial score (nSPS) is 12.4. The fourth-order valence-electron chi connectivity index (χ4n) is 1.80. The number of aromatic nitrogens is 1. The van der Waals surface area contributed by atoms with Crippen LogP contribution in [0.4, 0.5) is 10.2 Å². The molecule has 1 aromatic heterocycles. The van der Waals surface area contributed by atoms with Crippen molar-refractivity contribution in [2.24, 2.45) is 0 Å². The van der Waals surface area contributed by atoms with Gasteiger partial charge in [0, 0.05) is 6.07 Å². The summed E-state index contributed by atoms with van der Waals surface area (Å²) in [6.07, 6.45) is -1.19. The van der Waals surface area contributed by atoms with E-state index in [4.69, 9.17) is 9.26 Å². The largest absolute Gasteiger partial charge is 0.452 e. The Morgan fingerprint density at radius 1 is 1.31 bits per heavy atom. The molecule has 0 aliphatic heterocycles. The summed E-state index contributed by atoms with van der Waals surface area (Å²) in [5.41, 5.74) is 0. The second kappa shape index (κ2) is 8.06. The number of halogens is 1. The smallest absolute Gasteiger partial charge is 0.321 e. The third-order valence-corrected chi connectivity index (χ3v) is 4.50. The van der Waals surface area contributed by atoms with Crippen molar-refractivity contribution in [3.63, 3.8) is 0 Å². The highest BCUT2D eigenvalue weighted by Gasteiger charge is 2.21. The summed E-state index contributed by atoms with van der Waals surface area (Å²) in [6, 6.07) is 5.54. The number of ether oxygens (including phenoxy) is 1. The summed E-state index contributed by atoms with van der Waals surface area (Å²) < 4.78 is 48.4. The van der Waals surface area contributed by atoms with Crippen molar-refractivity contribution in [2.45, 2.75) is 24.8 Å². The highest BCUT2D eigenvalue weighted by Crippen LogP contribution is 2.10. The number of esters is 1. The van der Waals surface area contributed by atoms with E-state index in [0.717, 1.165) is 24.3 Å². The lowest BCUT2D eigenvalue weighted by Gasteiger charge is -2.12. The number of rotatable bonds is 7.